The summed E-state index contributed by atoms with van der Waals surface area (Å²) in [6.45, 7) is 0. The van der Waals surface area contributed by atoms with Gasteiger partial charge in [0.05, 0.1) is 34.4 Å². The molecule has 0 spiro atoms. The average molecular weight is 366 g/mol. The molecule has 1 aromatic carbocycles. The first kappa shape index (κ1) is 15.9. The minimum atomic E-state index is -0.220. The Morgan fingerprint density at radius 1 is 1.29 bits per heavy atom. The van der Waals surface area contributed by atoms with Crippen LogP contribution in [0.25, 0.3) is 0 Å². The van der Waals surface area contributed by atoms with Crippen molar-refractivity contribution in [2.75, 3.05) is 5.32 Å². The smallest absolute Gasteiger partial charge is 0.230 e. The zero-order valence-electron chi connectivity index (χ0n) is 13.1. The van der Waals surface area contributed by atoms with E-state index in [1.807, 2.05) is 19.4 Å². The van der Waals surface area contributed by atoms with Gasteiger partial charge in [0.25, 0.3) is 0 Å². The summed E-state index contributed by atoms with van der Waals surface area (Å²) in [4.78, 5) is 12.9. The van der Waals surface area contributed by atoms with Crippen molar-refractivity contribution in [3.63, 3.8) is 0 Å². The molecule has 1 aromatic heterocycles. The third kappa shape index (κ3) is 2.70. The molecule has 2 saturated heterocycles. The normalized spacial score (nSPS) is 28.3. The second-order valence-electron chi connectivity index (χ2n) is 6.41. The number of halogens is 2. The van der Waals surface area contributed by atoms with E-state index < -0.39 is 0 Å². The third-order valence-electron chi connectivity index (χ3n) is 4.87. The van der Waals surface area contributed by atoms with Crippen molar-refractivity contribution < 1.29 is 9.53 Å². The molecule has 4 atom stereocenters. The van der Waals surface area contributed by atoms with Gasteiger partial charge in [-0.3, -0.25) is 9.48 Å². The van der Waals surface area contributed by atoms with E-state index in [9.17, 15) is 4.79 Å². The van der Waals surface area contributed by atoms with Crippen molar-refractivity contribution in [2.24, 2.45) is 13.0 Å². The Kier molecular flexibility index (Phi) is 4.03. The largest absolute Gasteiger partial charge is 0.373 e. The van der Waals surface area contributed by atoms with E-state index >= 15 is 0 Å². The first-order valence-corrected chi connectivity index (χ1v) is 8.68. The molecule has 126 valence electrons. The molecule has 1 N–H and O–H groups in total. The minimum absolute atomic E-state index is 0.0389. The van der Waals surface area contributed by atoms with Gasteiger partial charge in [-0.1, -0.05) is 23.2 Å². The number of benzene rings is 1. The number of nitrogens with one attached hydrogen (secondary N) is 1. The van der Waals surface area contributed by atoms with Crippen molar-refractivity contribution in [1.29, 1.82) is 0 Å². The highest BCUT2D eigenvalue weighted by Crippen LogP contribution is 2.49. The van der Waals surface area contributed by atoms with E-state index in [2.05, 4.69) is 10.4 Å². The van der Waals surface area contributed by atoms with Crippen LogP contribution >= 0.6 is 23.2 Å². The predicted octanol–water partition coefficient (Wildman–Crippen LogP) is 3.63. The number of rotatable bonds is 3. The Balaban J connectivity index is 1.58. The van der Waals surface area contributed by atoms with Crippen molar-refractivity contribution in [2.45, 2.75) is 31.0 Å². The Morgan fingerprint density at radius 3 is 2.79 bits per heavy atom. The number of aromatic nitrogens is 2. The summed E-state index contributed by atoms with van der Waals surface area (Å²) in [6, 6.07) is 5.09. The number of amides is 1. The van der Waals surface area contributed by atoms with E-state index in [4.69, 9.17) is 27.9 Å². The Hall–Kier alpha value is -1.56. The summed E-state index contributed by atoms with van der Waals surface area (Å²) < 4.78 is 7.78. The molecule has 3 heterocycles. The molecule has 2 aliphatic heterocycles. The summed E-state index contributed by atoms with van der Waals surface area (Å²) >= 11 is 12.0. The molecule has 4 unspecified atom stereocenters. The molecular formula is C17H17Cl2N3O2. The molecule has 24 heavy (non-hydrogen) atoms. The number of fused-ring (bicyclic) bond motifs is 2. The van der Waals surface area contributed by atoms with Crippen LogP contribution in [0.5, 0.6) is 0 Å². The molecular weight excluding hydrogens is 349 g/mol. The van der Waals surface area contributed by atoms with Crippen LogP contribution in [0.2, 0.25) is 10.0 Å². The molecule has 2 bridgehead atoms. The predicted molar refractivity (Wildman–Crippen MR) is 92.4 cm³/mol. The maximum Gasteiger partial charge on any atom is 0.230 e. The fourth-order valence-corrected chi connectivity index (χ4v) is 4.14. The monoisotopic (exact) mass is 365 g/mol. The maximum atomic E-state index is 12.9. The second kappa shape index (κ2) is 6.06. The van der Waals surface area contributed by atoms with Crippen molar-refractivity contribution >= 4 is 34.8 Å². The Morgan fingerprint density at radius 2 is 2.08 bits per heavy atom. The molecule has 2 aromatic rings. The molecule has 0 saturated carbocycles. The van der Waals surface area contributed by atoms with Crippen LogP contribution in [0, 0.1) is 5.92 Å². The fraction of sp³-hybridized carbons (Fsp3) is 0.412. The number of carbonyl (C=O) groups excluding carboxylic acids is 1. The van der Waals surface area contributed by atoms with E-state index in [-0.39, 0.29) is 30.0 Å². The van der Waals surface area contributed by atoms with Crippen LogP contribution in [-0.2, 0) is 16.6 Å². The van der Waals surface area contributed by atoms with Crippen LogP contribution in [-0.4, -0.2) is 27.9 Å². The number of carbonyl (C=O) groups is 1. The number of hydrogen-bond donors (Lipinski definition) is 1. The Labute approximate surface area is 149 Å². The minimum Gasteiger partial charge on any atom is -0.373 e. The van der Waals surface area contributed by atoms with Gasteiger partial charge in [0.1, 0.15) is 0 Å². The summed E-state index contributed by atoms with van der Waals surface area (Å²) in [6.07, 6.45) is 5.75. The third-order valence-corrected chi connectivity index (χ3v) is 5.61. The summed E-state index contributed by atoms with van der Waals surface area (Å²) in [7, 11) is 1.88. The first-order valence-electron chi connectivity index (χ1n) is 7.93. The number of aryl methyl sites for hydroxylation is 1. The molecule has 0 aliphatic carbocycles. The molecule has 4 rings (SSSR count). The first-order chi connectivity index (χ1) is 11.5. The molecule has 1 amide bonds. The highest BCUT2D eigenvalue weighted by atomic mass is 35.5. The van der Waals surface area contributed by atoms with Gasteiger partial charge in [-0.05, 0) is 36.6 Å². The second-order valence-corrected chi connectivity index (χ2v) is 7.22. The lowest BCUT2D eigenvalue weighted by Crippen LogP contribution is -2.35. The molecule has 5 nitrogen and oxygen atoms in total. The molecule has 2 fully saturated rings. The van der Waals surface area contributed by atoms with Gasteiger partial charge in [0, 0.05) is 24.8 Å². The lowest BCUT2D eigenvalue weighted by Gasteiger charge is -2.26. The van der Waals surface area contributed by atoms with Crippen molar-refractivity contribution in [1.82, 2.24) is 9.78 Å². The van der Waals surface area contributed by atoms with Crippen LogP contribution < -0.4 is 5.32 Å². The van der Waals surface area contributed by atoms with E-state index in [1.165, 1.54) is 0 Å². The number of ether oxygens (including phenoxy) is 1. The van der Waals surface area contributed by atoms with E-state index in [1.54, 1.807) is 22.9 Å². The molecule has 2 aliphatic rings. The maximum absolute atomic E-state index is 12.9. The van der Waals surface area contributed by atoms with Crippen LogP contribution in [0.15, 0.2) is 30.6 Å². The van der Waals surface area contributed by atoms with Crippen LogP contribution in [0.3, 0.4) is 0 Å². The number of anilines is 1. The van der Waals surface area contributed by atoms with E-state index in [0.29, 0.717) is 15.7 Å². The Bertz CT molecular complexity index is 792. The standard InChI is InChI=1S/C17H17Cl2N3O2/c1-22-8-9(7-20-22)15-13-4-5-14(24-13)16(15)17(23)21-10-2-3-11(18)12(19)6-10/h2-3,6-8,13-16H,4-5H2,1H3,(H,21,23). The van der Waals surface area contributed by atoms with Gasteiger partial charge < -0.3 is 10.1 Å². The van der Waals surface area contributed by atoms with Crippen molar-refractivity contribution in [3.8, 4) is 0 Å². The molecule has 0 radical (unpaired) electrons. The lowest BCUT2D eigenvalue weighted by atomic mass is 9.76. The average Bonchev–Trinajstić information content (AvgIpc) is 3.25. The quantitative estimate of drug-likeness (QED) is 0.903. The number of nitrogens with zero attached hydrogens (tertiary/aromatic N) is 2. The fourth-order valence-electron chi connectivity index (χ4n) is 3.85. The van der Waals surface area contributed by atoms with Gasteiger partial charge in [0.2, 0.25) is 5.91 Å². The molecule has 7 heteroatoms. The highest BCUT2D eigenvalue weighted by Gasteiger charge is 2.53. The summed E-state index contributed by atoms with van der Waals surface area (Å²) in [5, 5.41) is 8.08. The highest BCUT2D eigenvalue weighted by molar-refractivity contribution is 6.42. The van der Waals surface area contributed by atoms with Crippen molar-refractivity contribution in [3.05, 3.63) is 46.2 Å². The van der Waals surface area contributed by atoms with Gasteiger partial charge in [0.15, 0.2) is 0 Å². The van der Waals surface area contributed by atoms with Gasteiger partial charge in [-0.15, -0.1) is 0 Å². The van der Waals surface area contributed by atoms with Gasteiger partial charge in [-0.2, -0.15) is 5.10 Å². The lowest BCUT2D eigenvalue weighted by molar-refractivity contribution is -0.121. The topological polar surface area (TPSA) is 56.1 Å². The summed E-state index contributed by atoms with van der Waals surface area (Å²) in [5.41, 5.74) is 1.70. The van der Waals surface area contributed by atoms with Gasteiger partial charge >= 0.3 is 0 Å². The number of hydrogen-bond acceptors (Lipinski definition) is 3. The van der Waals surface area contributed by atoms with E-state index in [0.717, 1.165) is 18.4 Å². The van der Waals surface area contributed by atoms with Crippen LogP contribution in [0.4, 0.5) is 5.69 Å². The SMILES string of the molecule is Cn1cc(C2C3CCC(O3)C2C(=O)Nc2ccc(Cl)c(Cl)c2)cn1. The summed E-state index contributed by atoms with van der Waals surface area (Å²) in [5.74, 6) is -0.225. The van der Waals surface area contributed by atoms with Gasteiger partial charge in [-0.25, -0.2) is 0 Å². The zero-order valence-corrected chi connectivity index (χ0v) is 14.6. The van der Waals surface area contributed by atoms with Crippen LogP contribution in [0.1, 0.15) is 24.3 Å². The zero-order chi connectivity index (χ0) is 16.8.